The van der Waals surface area contributed by atoms with Crippen molar-refractivity contribution < 1.29 is 18.8 Å². The van der Waals surface area contributed by atoms with Crippen LogP contribution in [0.5, 0.6) is 0 Å². The van der Waals surface area contributed by atoms with Crippen molar-refractivity contribution in [3.63, 3.8) is 0 Å². The van der Waals surface area contributed by atoms with Crippen LogP contribution in [0.1, 0.15) is 66.2 Å². The quantitative estimate of drug-likeness (QED) is 0.278. The molecule has 2 aliphatic rings. The highest BCUT2D eigenvalue weighted by molar-refractivity contribution is 5.94. The van der Waals surface area contributed by atoms with Gasteiger partial charge in [-0.05, 0) is 69.0 Å². The zero-order valence-electron chi connectivity index (χ0n) is 23.6. The van der Waals surface area contributed by atoms with Crippen LogP contribution >= 0.6 is 0 Å². The van der Waals surface area contributed by atoms with E-state index in [1.807, 2.05) is 59.0 Å². The maximum absolute atomic E-state index is 12.6. The third-order valence-corrected chi connectivity index (χ3v) is 7.44. The lowest BCUT2D eigenvalue weighted by atomic mass is 10.1. The van der Waals surface area contributed by atoms with Crippen molar-refractivity contribution in [2.24, 2.45) is 0 Å². The van der Waals surface area contributed by atoms with Crippen LogP contribution in [0.3, 0.4) is 0 Å². The van der Waals surface area contributed by atoms with Gasteiger partial charge in [0.15, 0.2) is 12.1 Å². The Morgan fingerprint density at radius 2 is 2.07 bits per heavy atom. The van der Waals surface area contributed by atoms with E-state index in [2.05, 4.69) is 27.0 Å². The van der Waals surface area contributed by atoms with E-state index < -0.39 is 0 Å². The summed E-state index contributed by atoms with van der Waals surface area (Å²) >= 11 is 0. The second-order valence-corrected chi connectivity index (χ2v) is 10.5. The Morgan fingerprint density at radius 1 is 1.17 bits per heavy atom. The van der Waals surface area contributed by atoms with Crippen LogP contribution in [-0.2, 0) is 16.0 Å². The average molecular weight is 564 g/mol. The van der Waals surface area contributed by atoms with Crippen molar-refractivity contribution in [3.05, 3.63) is 102 Å². The second kappa shape index (κ2) is 13.0. The molecule has 0 aliphatic carbocycles. The number of pyridine rings is 1. The molecule has 0 N–H and O–H groups in total. The van der Waals surface area contributed by atoms with E-state index in [4.69, 9.17) is 14.0 Å². The van der Waals surface area contributed by atoms with E-state index in [1.54, 1.807) is 30.7 Å². The number of amides is 1. The molecule has 6 rings (SSSR count). The molecule has 9 heteroatoms. The molecule has 1 amide bonds. The monoisotopic (exact) mass is 563 g/mol. The molecule has 9 nitrogen and oxygen atoms in total. The molecule has 0 radical (unpaired) electrons. The van der Waals surface area contributed by atoms with E-state index in [9.17, 15) is 4.79 Å². The predicted molar refractivity (Wildman–Crippen MR) is 156 cm³/mol. The van der Waals surface area contributed by atoms with Gasteiger partial charge < -0.3 is 23.5 Å². The first-order chi connectivity index (χ1) is 20.6. The Bertz CT molecular complexity index is 1590. The van der Waals surface area contributed by atoms with E-state index in [0.29, 0.717) is 31.0 Å². The first-order valence-electron chi connectivity index (χ1n) is 14.4. The summed E-state index contributed by atoms with van der Waals surface area (Å²) in [5.74, 6) is 8.03. The molecule has 0 spiro atoms. The molecule has 1 aromatic carbocycles. The van der Waals surface area contributed by atoms with Crippen LogP contribution in [-0.4, -0.2) is 56.5 Å². The van der Waals surface area contributed by atoms with E-state index in [1.165, 1.54) is 0 Å². The summed E-state index contributed by atoms with van der Waals surface area (Å²) in [4.78, 5) is 23.0. The third kappa shape index (κ3) is 6.68. The molecule has 1 fully saturated rings. The molecule has 0 bridgehead atoms. The number of hydrogen-bond acceptors (Lipinski definition) is 7. The second-order valence-electron chi connectivity index (χ2n) is 10.5. The molecule has 214 valence electrons. The number of rotatable bonds is 7. The molecule has 3 aromatic heterocycles. The third-order valence-electron chi connectivity index (χ3n) is 7.44. The zero-order valence-corrected chi connectivity index (χ0v) is 23.6. The lowest BCUT2D eigenvalue weighted by molar-refractivity contribution is -0.188. The number of aromatic nitrogens is 4. The summed E-state index contributed by atoms with van der Waals surface area (Å²) < 4.78 is 19.5. The normalized spacial score (nSPS) is 17.7. The molecule has 2 aliphatic heterocycles. The van der Waals surface area contributed by atoms with Crippen molar-refractivity contribution in [2.45, 2.75) is 51.5 Å². The molecule has 1 unspecified atom stereocenters. The van der Waals surface area contributed by atoms with Crippen molar-refractivity contribution in [2.75, 3.05) is 19.7 Å². The summed E-state index contributed by atoms with van der Waals surface area (Å²) in [6.45, 7) is 4.46. The summed E-state index contributed by atoms with van der Waals surface area (Å²) in [5.41, 5.74) is 4.29. The van der Waals surface area contributed by atoms with Crippen molar-refractivity contribution in [1.29, 1.82) is 0 Å². The average Bonchev–Trinajstić information content (AvgIpc) is 3.71. The molecule has 1 saturated heterocycles. The Kier molecular flexibility index (Phi) is 8.54. The Labute approximate surface area is 245 Å². The van der Waals surface area contributed by atoms with Gasteiger partial charge in [-0.1, -0.05) is 23.1 Å². The fourth-order valence-corrected chi connectivity index (χ4v) is 5.13. The standard InChI is InChI=1S/C33H33N5O4/c1-24(41-31-6-2-3-20-40-31)32-35-16-19-38(32)23-29-21-30(42-36-29)27-11-9-25(10-12-27)7-8-26-13-17-37(18-14-26)33(39)28-5-4-15-34-22-28/h4-5,9-13,15-16,19,21-22,24,31H,2-3,6,14,17-18,20,23H2,1H3/t24-,31?/m0/s1. The summed E-state index contributed by atoms with van der Waals surface area (Å²) in [5, 5.41) is 4.29. The minimum absolute atomic E-state index is 0.00340. The predicted octanol–water partition coefficient (Wildman–Crippen LogP) is 5.41. The van der Waals surface area contributed by atoms with Gasteiger partial charge in [0.05, 0.1) is 12.1 Å². The highest BCUT2D eigenvalue weighted by atomic mass is 16.7. The minimum atomic E-state index is -0.194. The number of imidazole rings is 1. The summed E-state index contributed by atoms with van der Waals surface area (Å²) in [6.07, 6.45) is 12.5. The molecular weight excluding hydrogens is 530 g/mol. The van der Waals surface area contributed by atoms with Gasteiger partial charge >= 0.3 is 0 Å². The number of hydrogen-bond donors (Lipinski definition) is 0. The van der Waals surface area contributed by atoms with Crippen LogP contribution in [0.2, 0.25) is 0 Å². The van der Waals surface area contributed by atoms with Crippen LogP contribution in [0, 0.1) is 11.8 Å². The fourth-order valence-electron chi connectivity index (χ4n) is 5.13. The zero-order chi connectivity index (χ0) is 28.7. The maximum atomic E-state index is 12.6. The first kappa shape index (κ1) is 27.6. The van der Waals surface area contributed by atoms with Gasteiger partial charge in [0.2, 0.25) is 0 Å². The molecule has 2 atom stereocenters. The lowest BCUT2D eigenvalue weighted by Crippen LogP contribution is -2.34. The molecule has 42 heavy (non-hydrogen) atoms. The van der Waals surface area contributed by atoms with Crippen LogP contribution < -0.4 is 0 Å². The van der Waals surface area contributed by atoms with Gasteiger partial charge in [0.1, 0.15) is 17.6 Å². The SMILES string of the molecule is C[C@H](OC1CCCCO1)c1nccn1Cc1cc(-c2ccc(C#CC3=CCN(C(=O)c4cccnc4)CC3)cc2)on1. The molecule has 5 heterocycles. The minimum Gasteiger partial charge on any atom is -0.356 e. The smallest absolute Gasteiger partial charge is 0.255 e. The molecule has 0 saturated carbocycles. The Morgan fingerprint density at radius 3 is 2.83 bits per heavy atom. The Hall–Kier alpha value is -4.52. The van der Waals surface area contributed by atoms with Crippen LogP contribution in [0.25, 0.3) is 11.3 Å². The van der Waals surface area contributed by atoms with Gasteiger partial charge in [0, 0.05) is 67.3 Å². The number of ether oxygens (including phenoxy) is 2. The number of carbonyl (C=O) groups is 1. The summed E-state index contributed by atoms with van der Waals surface area (Å²) in [6, 6.07) is 13.4. The maximum Gasteiger partial charge on any atom is 0.255 e. The van der Waals surface area contributed by atoms with Gasteiger partial charge in [-0.25, -0.2) is 4.98 Å². The molecule has 4 aromatic rings. The van der Waals surface area contributed by atoms with E-state index in [-0.39, 0.29) is 18.3 Å². The first-order valence-corrected chi connectivity index (χ1v) is 14.4. The number of carbonyl (C=O) groups excluding carboxylic acids is 1. The van der Waals surface area contributed by atoms with Crippen molar-refractivity contribution in [3.8, 4) is 23.2 Å². The molecular formula is C33H33N5O4. The fraction of sp³-hybridized carbons (Fsp3) is 0.333. The van der Waals surface area contributed by atoms with Gasteiger partial charge in [-0.3, -0.25) is 9.78 Å². The summed E-state index contributed by atoms with van der Waals surface area (Å²) in [7, 11) is 0. The van der Waals surface area contributed by atoms with Crippen LogP contribution in [0.15, 0.2) is 83.4 Å². The Balaban J connectivity index is 1.04. The largest absolute Gasteiger partial charge is 0.356 e. The van der Waals surface area contributed by atoms with E-state index >= 15 is 0 Å². The number of benzene rings is 1. The van der Waals surface area contributed by atoms with Crippen LogP contribution in [0.4, 0.5) is 0 Å². The highest BCUT2D eigenvalue weighted by Gasteiger charge is 2.22. The topological polar surface area (TPSA) is 95.5 Å². The van der Waals surface area contributed by atoms with Gasteiger partial charge in [-0.2, -0.15) is 0 Å². The van der Waals surface area contributed by atoms with Crippen molar-refractivity contribution in [1.82, 2.24) is 24.6 Å². The van der Waals surface area contributed by atoms with Crippen molar-refractivity contribution >= 4 is 5.91 Å². The highest BCUT2D eigenvalue weighted by Crippen LogP contribution is 2.25. The van der Waals surface area contributed by atoms with Gasteiger partial charge in [-0.15, -0.1) is 0 Å². The lowest BCUT2D eigenvalue weighted by Gasteiger charge is -2.26. The number of nitrogens with zero attached hydrogens (tertiary/aromatic N) is 5. The van der Waals surface area contributed by atoms with E-state index in [0.717, 1.165) is 60.5 Å². The van der Waals surface area contributed by atoms with Gasteiger partial charge in [0.25, 0.3) is 5.91 Å².